The van der Waals surface area contributed by atoms with Crippen LogP contribution in [0, 0.1) is 0 Å². The second-order valence-electron chi connectivity index (χ2n) is 2.67. The molecule has 0 nitrogen and oxygen atoms in total. The van der Waals surface area contributed by atoms with Crippen LogP contribution < -0.4 is 0 Å². The molecule has 0 saturated carbocycles. The summed E-state index contributed by atoms with van der Waals surface area (Å²) in [5.74, 6) is 0. The Bertz CT molecular complexity index is 330. The molecule has 0 aliphatic heterocycles. The monoisotopic (exact) mass is 296 g/mol. The average molecular weight is 297 g/mol. The van der Waals surface area contributed by atoms with E-state index in [1.54, 1.807) is 12.1 Å². The normalized spacial score (nSPS) is 12.3. The van der Waals surface area contributed by atoms with Gasteiger partial charge in [-0.3, -0.25) is 0 Å². The van der Waals surface area contributed by atoms with Crippen LogP contribution in [0.25, 0.3) is 6.08 Å². The van der Waals surface area contributed by atoms with Crippen molar-refractivity contribution in [3.8, 4) is 0 Å². The summed E-state index contributed by atoms with van der Waals surface area (Å²) in [6.07, 6.45) is 3.72. The molecule has 0 aromatic heterocycles. The summed E-state index contributed by atoms with van der Waals surface area (Å²) in [6, 6.07) is 6.25. The topological polar surface area (TPSA) is 0 Å². The van der Waals surface area contributed by atoms with Gasteiger partial charge in [0, 0.05) is 10.2 Å². The van der Waals surface area contributed by atoms with Crippen LogP contribution >= 0.6 is 27.7 Å². The van der Waals surface area contributed by atoms with Gasteiger partial charge >= 0.3 is 5.51 Å². The molecule has 0 fully saturated rings. The minimum absolute atomic E-state index is 0.100. The standard InChI is InChI=1S/C10H8BrF3S/c11-7-1-2-8-3-5-9(6-4-8)15-10(12,13)14/h1-6H,7H2. The molecule has 0 bridgehead atoms. The highest BCUT2D eigenvalue weighted by Gasteiger charge is 2.28. The van der Waals surface area contributed by atoms with E-state index in [0.29, 0.717) is 0 Å². The van der Waals surface area contributed by atoms with Crippen molar-refractivity contribution in [1.29, 1.82) is 0 Å². The molecule has 0 heterocycles. The van der Waals surface area contributed by atoms with Crippen LogP contribution in [-0.4, -0.2) is 10.8 Å². The molecule has 0 amide bonds. The van der Waals surface area contributed by atoms with Gasteiger partial charge in [-0.05, 0) is 29.5 Å². The van der Waals surface area contributed by atoms with Crippen molar-refractivity contribution in [2.75, 3.05) is 5.33 Å². The van der Waals surface area contributed by atoms with Gasteiger partial charge in [-0.2, -0.15) is 13.2 Å². The number of allylic oxidation sites excluding steroid dienone is 1. The van der Waals surface area contributed by atoms with Crippen LogP contribution in [0.3, 0.4) is 0 Å². The molecule has 82 valence electrons. The van der Waals surface area contributed by atoms with E-state index >= 15 is 0 Å². The third-order valence-corrected chi connectivity index (χ3v) is 2.63. The molecule has 0 atom stereocenters. The summed E-state index contributed by atoms with van der Waals surface area (Å²) < 4.78 is 36.0. The Labute approximate surface area is 98.7 Å². The molecule has 0 N–H and O–H groups in total. The Morgan fingerprint density at radius 2 is 1.80 bits per heavy atom. The van der Waals surface area contributed by atoms with Crippen molar-refractivity contribution < 1.29 is 13.2 Å². The number of halogens is 4. The zero-order chi connectivity index (χ0) is 11.3. The summed E-state index contributed by atoms with van der Waals surface area (Å²) in [7, 11) is 0. The first kappa shape index (κ1) is 12.6. The Kier molecular flexibility index (Phi) is 4.73. The Balaban J connectivity index is 2.68. The fourth-order valence-electron chi connectivity index (χ4n) is 0.961. The number of hydrogen-bond donors (Lipinski definition) is 0. The maximum absolute atomic E-state index is 12.0. The molecule has 0 unspecified atom stereocenters. The van der Waals surface area contributed by atoms with E-state index in [1.807, 2.05) is 12.2 Å². The van der Waals surface area contributed by atoms with E-state index in [2.05, 4.69) is 15.9 Å². The van der Waals surface area contributed by atoms with Gasteiger partial charge in [0.25, 0.3) is 0 Å². The van der Waals surface area contributed by atoms with Gasteiger partial charge in [0.1, 0.15) is 0 Å². The first-order valence-corrected chi connectivity index (χ1v) is 6.03. The van der Waals surface area contributed by atoms with Crippen LogP contribution in [0.15, 0.2) is 35.2 Å². The molecule has 0 aliphatic carbocycles. The van der Waals surface area contributed by atoms with Crippen molar-refractivity contribution in [2.24, 2.45) is 0 Å². The smallest absolute Gasteiger partial charge is 0.160 e. The third kappa shape index (κ3) is 5.28. The summed E-state index contributed by atoms with van der Waals surface area (Å²) in [5, 5.41) is 0.728. The van der Waals surface area contributed by atoms with Gasteiger partial charge < -0.3 is 0 Å². The summed E-state index contributed by atoms with van der Waals surface area (Å²) >= 11 is 3.12. The van der Waals surface area contributed by atoms with Gasteiger partial charge in [0.05, 0.1) is 0 Å². The number of hydrogen-bond acceptors (Lipinski definition) is 1. The number of benzene rings is 1. The molecule has 0 aliphatic rings. The minimum atomic E-state index is -4.22. The lowest BCUT2D eigenvalue weighted by Crippen LogP contribution is -1.98. The molecule has 15 heavy (non-hydrogen) atoms. The quantitative estimate of drug-likeness (QED) is 0.575. The summed E-state index contributed by atoms with van der Waals surface area (Å²) in [5.41, 5.74) is -3.33. The van der Waals surface area contributed by atoms with E-state index in [0.717, 1.165) is 10.9 Å². The van der Waals surface area contributed by atoms with E-state index in [1.165, 1.54) is 12.1 Å². The number of alkyl halides is 4. The van der Waals surface area contributed by atoms with E-state index in [-0.39, 0.29) is 16.7 Å². The van der Waals surface area contributed by atoms with E-state index < -0.39 is 5.51 Å². The molecule has 1 aromatic carbocycles. The van der Waals surface area contributed by atoms with E-state index in [9.17, 15) is 13.2 Å². The van der Waals surface area contributed by atoms with Crippen LogP contribution in [0.5, 0.6) is 0 Å². The predicted molar refractivity (Wildman–Crippen MR) is 61.2 cm³/mol. The maximum Gasteiger partial charge on any atom is 0.446 e. The second-order valence-corrected chi connectivity index (χ2v) is 4.46. The zero-order valence-electron chi connectivity index (χ0n) is 7.59. The molecule has 1 aromatic rings. The molecule has 1 rings (SSSR count). The van der Waals surface area contributed by atoms with Crippen LogP contribution in [0.2, 0.25) is 0 Å². The lowest BCUT2D eigenvalue weighted by atomic mass is 10.2. The Morgan fingerprint density at radius 1 is 1.20 bits per heavy atom. The van der Waals surface area contributed by atoms with Gasteiger partial charge in [0.2, 0.25) is 0 Å². The number of thioether (sulfide) groups is 1. The van der Waals surface area contributed by atoms with Crippen LogP contribution in [0.4, 0.5) is 13.2 Å². The van der Waals surface area contributed by atoms with Crippen LogP contribution in [-0.2, 0) is 0 Å². The predicted octanol–water partition coefficient (Wildman–Crippen LogP) is 4.71. The zero-order valence-corrected chi connectivity index (χ0v) is 9.99. The lowest BCUT2D eigenvalue weighted by Gasteiger charge is -2.05. The van der Waals surface area contributed by atoms with Crippen molar-refractivity contribution in [2.45, 2.75) is 10.4 Å². The van der Waals surface area contributed by atoms with Gasteiger partial charge in [-0.25, -0.2) is 0 Å². The molecular weight excluding hydrogens is 289 g/mol. The molecule has 0 saturated heterocycles. The first-order valence-electron chi connectivity index (χ1n) is 4.09. The molecule has 0 spiro atoms. The van der Waals surface area contributed by atoms with Crippen molar-refractivity contribution in [3.05, 3.63) is 35.9 Å². The highest BCUT2D eigenvalue weighted by atomic mass is 79.9. The van der Waals surface area contributed by atoms with Gasteiger partial charge in [-0.1, -0.05) is 40.2 Å². The fourth-order valence-corrected chi connectivity index (χ4v) is 1.69. The molecule has 0 radical (unpaired) electrons. The Morgan fingerprint density at radius 3 is 2.27 bits per heavy atom. The fraction of sp³-hybridized carbons (Fsp3) is 0.200. The molecular formula is C10H8BrF3S. The highest BCUT2D eigenvalue weighted by molar-refractivity contribution is 9.09. The Hall–Kier alpha value is -0.420. The van der Waals surface area contributed by atoms with Crippen molar-refractivity contribution in [3.63, 3.8) is 0 Å². The summed E-state index contributed by atoms with van der Waals surface area (Å²) in [4.78, 5) is 0.207. The average Bonchev–Trinajstić information content (AvgIpc) is 2.14. The van der Waals surface area contributed by atoms with Crippen LogP contribution in [0.1, 0.15) is 5.56 Å². The van der Waals surface area contributed by atoms with Gasteiger partial charge in [0.15, 0.2) is 0 Å². The van der Waals surface area contributed by atoms with Gasteiger partial charge in [-0.15, -0.1) is 0 Å². The number of rotatable bonds is 3. The van der Waals surface area contributed by atoms with Crippen molar-refractivity contribution >= 4 is 33.8 Å². The minimum Gasteiger partial charge on any atom is -0.160 e. The second kappa shape index (κ2) is 5.61. The maximum atomic E-state index is 12.0. The first-order chi connectivity index (χ1) is 7.01. The summed E-state index contributed by atoms with van der Waals surface area (Å²) in [6.45, 7) is 0. The largest absolute Gasteiger partial charge is 0.446 e. The van der Waals surface area contributed by atoms with E-state index in [4.69, 9.17) is 0 Å². The lowest BCUT2D eigenvalue weighted by molar-refractivity contribution is -0.0328. The third-order valence-electron chi connectivity index (χ3n) is 1.51. The highest BCUT2D eigenvalue weighted by Crippen LogP contribution is 2.36. The molecule has 5 heteroatoms. The van der Waals surface area contributed by atoms with Crippen molar-refractivity contribution in [1.82, 2.24) is 0 Å². The SMILES string of the molecule is FC(F)(F)Sc1ccc(C=CCBr)cc1.